The molecule has 1 aliphatic rings. The lowest BCUT2D eigenvalue weighted by Gasteiger charge is -2.21. The van der Waals surface area contributed by atoms with Gasteiger partial charge in [-0.05, 0) is 6.07 Å². The molecule has 0 spiro atoms. The number of hydrogen-bond acceptors (Lipinski definition) is 4. The van der Waals surface area contributed by atoms with Crippen LogP contribution >= 0.6 is 16.1 Å². The fourth-order valence-electron chi connectivity index (χ4n) is 2.28. The molecular formula is C14H8BrNO3. The Morgan fingerprint density at radius 3 is 2.05 bits per heavy atom. The number of carbonyl (C=O) groups excluding carboxylic acids is 2. The lowest BCUT2D eigenvalue weighted by atomic mass is 9.83. The van der Waals surface area contributed by atoms with Crippen molar-refractivity contribution in [2.24, 2.45) is 0 Å². The molecule has 0 saturated carbocycles. The third-order valence-electron chi connectivity index (χ3n) is 3.13. The number of fused-ring (bicyclic) bond motifs is 2. The maximum Gasteiger partial charge on any atom is 0.196 e. The van der Waals surface area contributed by atoms with E-state index in [2.05, 4.69) is 16.1 Å². The first-order valence-corrected chi connectivity index (χ1v) is 6.28. The van der Waals surface area contributed by atoms with Crippen LogP contribution in [0.25, 0.3) is 0 Å². The molecule has 3 rings (SSSR count). The molecule has 1 aliphatic carbocycles. The van der Waals surface area contributed by atoms with E-state index in [1.807, 2.05) is 0 Å². The van der Waals surface area contributed by atoms with E-state index in [0.29, 0.717) is 20.8 Å². The molecule has 4 nitrogen and oxygen atoms in total. The second kappa shape index (κ2) is 4.29. The van der Waals surface area contributed by atoms with Gasteiger partial charge in [-0.3, -0.25) is 14.8 Å². The van der Waals surface area contributed by atoms with Crippen LogP contribution in [0.2, 0.25) is 0 Å². The maximum absolute atomic E-state index is 12.5. The second-order valence-corrected chi connectivity index (χ2v) is 4.84. The van der Waals surface area contributed by atoms with Gasteiger partial charge in [-0.25, -0.2) is 0 Å². The number of hydrogen-bond donors (Lipinski definition) is 1. The molecule has 0 heterocycles. The van der Waals surface area contributed by atoms with Gasteiger partial charge in [0.15, 0.2) is 11.6 Å². The predicted octanol–water partition coefficient (Wildman–Crippen LogP) is 2.97. The standard InChI is InChI=1S/C14H8BrNO3/c15-16(19)11-7-3-6-10-12(11)14(18)9-5-2-1-4-8(9)13(10)17/h1-7,19H. The Balaban J connectivity index is 2.33. The molecule has 0 bridgehead atoms. The largest absolute Gasteiger partial charge is 0.289 e. The van der Waals surface area contributed by atoms with Crippen molar-refractivity contribution in [2.45, 2.75) is 0 Å². The van der Waals surface area contributed by atoms with Gasteiger partial charge in [0.1, 0.15) is 0 Å². The summed E-state index contributed by atoms with van der Waals surface area (Å²) in [6, 6.07) is 11.5. The molecule has 94 valence electrons. The summed E-state index contributed by atoms with van der Waals surface area (Å²) in [4.78, 5) is 24.8. The van der Waals surface area contributed by atoms with Crippen molar-refractivity contribution in [3.8, 4) is 0 Å². The number of rotatable bonds is 1. The highest BCUT2D eigenvalue weighted by Gasteiger charge is 2.32. The van der Waals surface area contributed by atoms with E-state index in [0.717, 1.165) is 0 Å². The lowest BCUT2D eigenvalue weighted by Crippen LogP contribution is -2.23. The average molecular weight is 318 g/mol. The zero-order chi connectivity index (χ0) is 13.6. The van der Waals surface area contributed by atoms with Crippen molar-refractivity contribution in [1.82, 2.24) is 0 Å². The van der Waals surface area contributed by atoms with E-state index in [1.54, 1.807) is 42.5 Å². The molecule has 1 N–H and O–H groups in total. The van der Waals surface area contributed by atoms with Crippen LogP contribution in [0.1, 0.15) is 31.8 Å². The monoisotopic (exact) mass is 317 g/mol. The Labute approximate surface area is 117 Å². The molecule has 0 amide bonds. The molecule has 0 aromatic heterocycles. The minimum Gasteiger partial charge on any atom is -0.289 e. The zero-order valence-electron chi connectivity index (χ0n) is 9.63. The molecule has 5 heteroatoms. The first-order valence-electron chi connectivity index (χ1n) is 5.57. The Bertz CT molecular complexity index is 710. The Morgan fingerprint density at radius 1 is 0.842 bits per heavy atom. The van der Waals surface area contributed by atoms with Crippen LogP contribution in [-0.4, -0.2) is 16.8 Å². The summed E-state index contributed by atoms with van der Waals surface area (Å²) in [6.45, 7) is 0. The van der Waals surface area contributed by atoms with Gasteiger partial charge in [-0.1, -0.05) is 36.4 Å². The fourth-order valence-corrected chi connectivity index (χ4v) is 2.58. The maximum atomic E-state index is 12.5. The molecule has 19 heavy (non-hydrogen) atoms. The minimum absolute atomic E-state index is 0.207. The van der Waals surface area contributed by atoms with Crippen molar-refractivity contribution in [3.63, 3.8) is 0 Å². The third-order valence-corrected chi connectivity index (χ3v) is 3.51. The fraction of sp³-hybridized carbons (Fsp3) is 0. The molecule has 0 unspecified atom stereocenters. The van der Waals surface area contributed by atoms with Crippen LogP contribution in [0.4, 0.5) is 5.69 Å². The van der Waals surface area contributed by atoms with Crippen LogP contribution in [0.15, 0.2) is 42.5 Å². The van der Waals surface area contributed by atoms with E-state index >= 15 is 0 Å². The molecule has 0 radical (unpaired) electrons. The van der Waals surface area contributed by atoms with E-state index < -0.39 is 0 Å². The van der Waals surface area contributed by atoms with Crippen molar-refractivity contribution in [2.75, 3.05) is 4.09 Å². The molecule has 0 saturated heterocycles. The summed E-state index contributed by atoms with van der Waals surface area (Å²) in [5, 5.41) is 9.52. The molecular weight excluding hydrogens is 310 g/mol. The first-order chi connectivity index (χ1) is 9.11. The van der Waals surface area contributed by atoms with Crippen molar-refractivity contribution >= 4 is 33.4 Å². The molecule has 2 aromatic carbocycles. The van der Waals surface area contributed by atoms with E-state index in [-0.39, 0.29) is 22.8 Å². The summed E-state index contributed by atoms with van der Waals surface area (Å²) in [6.07, 6.45) is 0. The summed E-state index contributed by atoms with van der Waals surface area (Å²) in [5.74, 6) is -0.472. The van der Waals surface area contributed by atoms with Gasteiger partial charge in [-0.15, -0.1) is 0 Å². The van der Waals surface area contributed by atoms with Gasteiger partial charge >= 0.3 is 0 Å². The van der Waals surface area contributed by atoms with E-state index in [4.69, 9.17) is 0 Å². The topological polar surface area (TPSA) is 57.6 Å². The highest BCUT2D eigenvalue weighted by atomic mass is 79.9. The Morgan fingerprint density at radius 2 is 1.42 bits per heavy atom. The number of benzene rings is 2. The number of ketones is 2. The molecule has 0 fully saturated rings. The lowest BCUT2D eigenvalue weighted by molar-refractivity contribution is 0.0979. The highest BCUT2D eigenvalue weighted by Crippen LogP contribution is 2.33. The van der Waals surface area contributed by atoms with Gasteiger partial charge in [0, 0.05) is 16.7 Å². The zero-order valence-corrected chi connectivity index (χ0v) is 11.2. The highest BCUT2D eigenvalue weighted by molar-refractivity contribution is 9.10. The van der Waals surface area contributed by atoms with E-state index in [1.165, 1.54) is 0 Å². The van der Waals surface area contributed by atoms with Crippen LogP contribution in [0.3, 0.4) is 0 Å². The normalized spacial score (nSPS) is 12.9. The first kappa shape index (κ1) is 12.1. The number of halogens is 1. The predicted molar refractivity (Wildman–Crippen MR) is 72.9 cm³/mol. The molecule has 0 aliphatic heterocycles. The minimum atomic E-state index is -0.265. The second-order valence-electron chi connectivity index (χ2n) is 4.16. The summed E-state index contributed by atoms with van der Waals surface area (Å²) >= 11 is 2.87. The number of anilines is 1. The number of carbonyl (C=O) groups is 2. The number of nitrogens with zero attached hydrogens (tertiary/aromatic N) is 1. The van der Waals surface area contributed by atoms with Crippen LogP contribution in [0, 0.1) is 0 Å². The quantitative estimate of drug-likeness (QED) is 0.554. The van der Waals surface area contributed by atoms with Crippen LogP contribution < -0.4 is 4.09 Å². The van der Waals surface area contributed by atoms with Crippen molar-refractivity contribution in [3.05, 3.63) is 64.7 Å². The van der Waals surface area contributed by atoms with Gasteiger partial charge in [0.2, 0.25) is 0 Å². The van der Waals surface area contributed by atoms with Crippen molar-refractivity contribution < 1.29 is 14.8 Å². The van der Waals surface area contributed by atoms with Gasteiger partial charge in [-0.2, -0.15) is 4.09 Å². The van der Waals surface area contributed by atoms with E-state index in [9.17, 15) is 14.8 Å². The van der Waals surface area contributed by atoms with Crippen molar-refractivity contribution in [1.29, 1.82) is 0 Å². The average Bonchev–Trinajstić information content (AvgIpc) is 2.44. The smallest absolute Gasteiger partial charge is 0.196 e. The third kappa shape index (κ3) is 1.70. The summed E-state index contributed by atoms with van der Waals surface area (Å²) in [7, 11) is 0. The van der Waals surface area contributed by atoms with Gasteiger partial charge in [0.25, 0.3) is 0 Å². The van der Waals surface area contributed by atoms with Gasteiger partial charge < -0.3 is 0 Å². The SMILES string of the molecule is O=C1c2ccccc2C(=O)c2c1cccc2N(O)Br. The van der Waals surface area contributed by atoms with Crippen LogP contribution in [-0.2, 0) is 0 Å². The molecule has 2 aromatic rings. The Hall–Kier alpha value is -1.98. The molecule has 0 atom stereocenters. The summed E-state index contributed by atoms with van der Waals surface area (Å²) < 4.78 is 0.672. The van der Waals surface area contributed by atoms with Gasteiger partial charge in [0.05, 0.1) is 27.4 Å². The summed E-state index contributed by atoms with van der Waals surface area (Å²) in [5.41, 5.74) is 1.54. The van der Waals surface area contributed by atoms with Crippen LogP contribution in [0.5, 0.6) is 0 Å². The Kier molecular flexibility index (Phi) is 2.73.